The Hall–Kier alpha value is -1.49. The molecule has 116 valence electrons. The van der Waals surface area contributed by atoms with E-state index < -0.39 is 0 Å². The highest BCUT2D eigenvalue weighted by molar-refractivity contribution is 7.99. The van der Waals surface area contributed by atoms with E-state index in [1.54, 1.807) is 11.8 Å². The quantitative estimate of drug-likeness (QED) is 0.900. The summed E-state index contributed by atoms with van der Waals surface area (Å²) in [6.45, 7) is 3.73. The highest BCUT2D eigenvalue weighted by Gasteiger charge is 2.07. The third-order valence-corrected chi connectivity index (χ3v) is 4.45. The van der Waals surface area contributed by atoms with E-state index in [9.17, 15) is 0 Å². The van der Waals surface area contributed by atoms with Crippen LogP contribution in [0.25, 0.3) is 0 Å². The van der Waals surface area contributed by atoms with E-state index in [4.69, 9.17) is 9.47 Å². The van der Waals surface area contributed by atoms with Crippen molar-refractivity contribution in [2.24, 2.45) is 0 Å². The summed E-state index contributed by atoms with van der Waals surface area (Å²) in [5, 5.41) is 3.44. The molecule has 1 aliphatic heterocycles. The minimum Gasteiger partial charge on any atom is -0.382 e. The SMILES string of the molecule is c1ccc(Sc2ccc3c(c2)COCCCOCCN3)cc1. The summed E-state index contributed by atoms with van der Waals surface area (Å²) in [4.78, 5) is 2.49. The molecule has 0 amide bonds. The number of benzene rings is 2. The number of ether oxygens (including phenoxy) is 2. The van der Waals surface area contributed by atoms with Crippen LogP contribution in [0.4, 0.5) is 5.69 Å². The summed E-state index contributed by atoms with van der Waals surface area (Å²) in [6, 6.07) is 17.0. The van der Waals surface area contributed by atoms with Crippen molar-refractivity contribution < 1.29 is 9.47 Å². The van der Waals surface area contributed by atoms with E-state index in [1.165, 1.54) is 15.4 Å². The van der Waals surface area contributed by atoms with E-state index in [2.05, 4.69) is 47.8 Å². The lowest BCUT2D eigenvalue weighted by molar-refractivity contribution is 0.0808. The van der Waals surface area contributed by atoms with Crippen molar-refractivity contribution in [3.8, 4) is 0 Å². The second-order valence-corrected chi connectivity index (χ2v) is 6.33. The Morgan fingerprint density at radius 2 is 1.73 bits per heavy atom. The number of anilines is 1. The van der Waals surface area contributed by atoms with Crippen LogP contribution in [0.5, 0.6) is 0 Å². The van der Waals surface area contributed by atoms with Gasteiger partial charge in [0.25, 0.3) is 0 Å². The molecule has 3 nitrogen and oxygen atoms in total. The van der Waals surface area contributed by atoms with Crippen LogP contribution < -0.4 is 5.32 Å². The molecule has 0 saturated carbocycles. The van der Waals surface area contributed by atoms with Crippen LogP contribution in [-0.4, -0.2) is 26.4 Å². The molecule has 2 aromatic carbocycles. The molecule has 1 heterocycles. The molecule has 0 aromatic heterocycles. The maximum absolute atomic E-state index is 5.77. The van der Waals surface area contributed by atoms with Gasteiger partial charge < -0.3 is 14.8 Å². The fourth-order valence-electron chi connectivity index (χ4n) is 2.36. The van der Waals surface area contributed by atoms with Gasteiger partial charge in [-0.25, -0.2) is 0 Å². The highest BCUT2D eigenvalue weighted by atomic mass is 32.2. The summed E-state index contributed by atoms with van der Waals surface area (Å²) in [5.41, 5.74) is 2.35. The minimum atomic E-state index is 0.644. The van der Waals surface area contributed by atoms with Crippen LogP contribution >= 0.6 is 11.8 Å². The number of hydrogen-bond donors (Lipinski definition) is 1. The predicted octanol–water partition coefficient (Wildman–Crippen LogP) is 4.19. The lowest BCUT2D eigenvalue weighted by Gasteiger charge is -2.13. The Bertz CT molecular complexity index is 589. The average Bonchev–Trinajstić information content (AvgIpc) is 2.60. The van der Waals surface area contributed by atoms with Gasteiger partial charge in [0.05, 0.1) is 13.2 Å². The number of nitrogens with one attached hydrogen (secondary N) is 1. The maximum Gasteiger partial charge on any atom is 0.0737 e. The molecule has 0 radical (unpaired) electrons. The first-order valence-electron chi connectivity index (χ1n) is 7.67. The first kappa shape index (κ1) is 15.4. The van der Waals surface area contributed by atoms with Crippen molar-refractivity contribution in [3.63, 3.8) is 0 Å². The van der Waals surface area contributed by atoms with E-state index in [0.717, 1.165) is 38.5 Å². The smallest absolute Gasteiger partial charge is 0.0737 e. The standard InChI is InChI=1S/C18H21NO2S/c1-2-5-16(6-3-1)22-17-7-8-18-15(13-17)14-21-11-4-10-20-12-9-19-18/h1-3,5-8,13,19H,4,9-12,14H2. The first-order chi connectivity index (χ1) is 10.9. The zero-order chi connectivity index (χ0) is 15.0. The third-order valence-electron chi connectivity index (χ3n) is 3.45. The molecule has 0 unspecified atom stereocenters. The molecule has 0 bridgehead atoms. The van der Waals surface area contributed by atoms with Crippen LogP contribution in [0.1, 0.15) is 12.0 Å². The summed E-state index contributed by atoms with van der Waals surface area (Å²) >= 11 is 1.78. The largest absolute Gasteiger partial charge is 0.382 e. The molecular formula is C18H21NO2S. The van der Waals surface area contributed by atoms with Gasteiger partial charge in [0.1, 0.15) is 0 Å². The van der Waals surface area contributed by atoms with Crippen LogP contribution in [0.15, 0.2) is 58.3 Å². The fraction of sp³-hybridized carbons (Fsp3) is 0.333. The summed E-state index contributed by atoms with van der Waals surface area (Å²) in [6.07, 6.45) is 0.952. The van der Waals surface area contributed by atoms with Gasteiger partial charge in [0, 0.05) is 40.8 Å². The molecule has 0 atom stereocenters. The lowest BCUT2D eigenvalue weighted by atomic mass is 10.2. The molecule has 4 heteroatoms. The van der Waals surface area contributed by atoms with Crippen LogP contribution in [-0.2, 0) is 16.1 Å². The van der Waals surface area contributed by atoms with Gasteiger partial charge in [0.15, 0.2) is 0 Å². The Morgan fingerprint density at radius 1 is 0.864 bits per heavy atom. The molecule has 1 N–H and O–H groups in total. The summed E-state index contributed by atoms with van der Waals surface area (Å²) < 4.78 is 11.3. The Kier molecular flexibility index (Phi) is 5.76. The lowest BCUT2D eigenvalue weighted by Crippen LogP contribution is -2.10. The van der Waals surface area contributed by atoms with Gasteiger partial charge in [-0.15, -0.1) is 0 Å². The van der Waals surface area contributed by atoms with Crippen LogP contribution in [0.3, 0.4) is 0 Å². The van der Waals surface area contributed by atoms with Crippen molar-refractivity contribution in [2.45, 2.75) is 22.8 Å². The zero-order valence-electron chi connectivity index (χ0n) is 12.6. The van der Waals surface area contributed by atoms with E-state index in [-0.39, 0.29) is 0 Å². The molecule has 0 aliphatic carbocycles. The Balaban J connectivity index is 1.75. The van der Waals surface area contributed by atoms with Crippen molar-refractivity contribution >= 4 is 17.4 Å². The molecule has 0 fully saturated rings. The van der Waals surface area contributed by atoms with Crippen molar-refractivity contribution in [3.05, 3.63) is 54.1 Å². The van der Waals surface area contributed by atoms with E-state index >= 15 is 0 Å². The molecular weight excluding hydrogens is 294 g/mol. The number of rotatable bonds is 2. The van der Waals surface area contributed by atoms with Crippen LogP contribution in [0.2, 0.25) is 0 Å². The van der Waals surface area contributed by atoms with E-state index in [0.29, 0.717) is 6.61 Å². The van der Waals surface area contributed by atoms with Gasteiger partial charge in [-0.3, -0.25) is 0 Å². The predicted molar refractivity (Wildman–Crippen MR) is 90.6 cm³/mol. The summed E-state index contributed by atoms with van der Waals surface area (Å²) in [5.74, 6) is 0. The monoisotopic (exact) mass is 315 g/mol. The molecule has 2 aromatic rings. The number of fused-ring (bicyclic) bond motifs is 1. The molecule has 22 heavy (non-hydrogen) atoms. The topological polar surface area (TPSA) is 30.5 Å². The van der Waals surface area contributed by atoms with Crippen molar-refractivity contribution in [2.75, 3.05) is 31.7 Å². The van der Waals surface area contributed by atoms with Crippen molar-refractivity contribution in [1.82, 2.24) is 0 Å². The molecule has 1 aliphatic rings. The average molecular weight is 315 g/mol. The van der Waals surface area contributed by atoms with Gasteiger partial charge in [-0.05, 0) is 36.8 Å². The molecule has 0 saturated heterocycles. The number of hydrogen-bond acceptors (Lipinski definition) is 4. The maximum atomic E-state index is 5.77. The zero-order valence-corrected chi connectivity index (χ0v) is 13.4. The van der Waals surface area contributed by atoms with Gasteiger partial charge in [-0.1, -0.05) is 30.0 Å². The Morgan fingerprint density at radius 3 is 2.64 bits per heavy atom. The summed E-state index contributed by atoms with van der Waals surface area (Å²) in [7, 11) is 0. The molecule has 3 rings (SSSR count). The normalized spacial score (nSPS) is 16.2. The van der Waals surface area contributed by atoms with E-state index in [1.807, 2.05) is 6.07 Å². The second-order valence-electron chi connectivity index (χ2n) is 5.18. The second kappa shape index (κ2) is 8.22. The highest BCUT2D eigenvalue weighted by Crippen LogP contribution is 2.30. The first-order valence-corrected chi connectivity index (χ1v) is 8.49. The third kappa shape index (κ3) is 4.50. The fourth-order valence-corrected chi connectivity index (χ4v) is 3.26. The Labute approximate surface area is 136 Å². The van der Waals surface area contributed by atoms with Crippen LogP contribution in [0, 0.1) is 0 Å². The minimum absolute atomic E-state index is 0.644. The van der Waals surface area contributed by atoms with Gasteiger partial charge >= 0.3 is 0 Å². The van der Waals surface area contributed by atoms with Gasteiger partial charge in [-0.2, -0.15) is 0 Å². The molecule has 0 spiro atoms. The van der Waals surface area contributed by atoms with Crippen molar-refractivity contribution in [1.29, 1.82) is 0 Å². The van der Waals surface area contributed by atoms with Gasteiger partial charge in [0.2, 0.25) is 0 Å².